The van der Waals surface area contributed by atoms with Crippen molar-refractivity contribution < 1.29 is 14.1 Å². The van der Waals surface area contributed by atoms with Crippen LogP contribution >= 0.6 is 0 Å². The van der Waals surface area contributed by atoms with Crippen molar-refractivity contribution in [3.8, 4) is 11.4 Å². The van der Waals surface area contributed by atoms with Gasteiger partial charge in [-0.25, -0.2) is 0 Å². The molecular weight excluding hydrogens is 330 g/mol. The van der Waals surface area contributed by atoms with Crippen molar-refractivity contribution in [3.05, 3.63) is 71.6 Å². The lowest BCUT2D eigenvalue weighted by atomic mass is 10.1. The first kappa shape index (κ1) is 17.8. The first-order valence-corrected chi connectivity index (χ1v) is 8.49. The molecular formula is C20H21N3O3. The molecule has 0 aliphatic heterocycles. The molecule has 1 N–H and O–H groups in total. The molecule has 0 unspecified atom stereocenters. The van der Waals surface area contributed by atoms with Crippen molar-refractivity contribution in [2.75, 3.05) is 13.2 Å². The molecule has 0 aliphatic carbocycles. The first-order chi connectivity index (χ1) is 12.7. The number of amides is 1. The quantitative estimate of drug-likeness (QED) is 0.675. The Labute approximate surface area is 152 Å². The van der Waals surface area contributed by atoms with E-state index < -0.39 is 0 Å². The third-order valence-corrected chi connectivity index (χ3v) is 3.75. The average Bonchev–Trinajstić information content (AvgIpc) is 3.12. The maximum absolute atomic E-state index is 11.8. The van der Waals surface area contributed by atoms with Crippen LogP contribution < -0.4 is 5.32 Å². The van der Waals surface area contributed by atoms with Gasteiger partial charge in [0.1, 0.15) is 6.61 Å². The summed E-state index contributed by atoms with van der Waals surface area (Å²) in [6.45, 7) is 2.87. The van der Waals surface area contributed by atoms with Gasteiger partial charge in [0.2, 0.25) is 17.6 Å². The maximum Gasteiger partial charge on any atom is 0.246 e. The van der Waals surface area contributed by atoms with Crippen LogP contribution in [0.2, 0.25) is 0 Å². The highest BCUT2D eigenvalue weighted by atomic mass is 16.5. The lowest BCUT2D eigenvalue weighted by Crippen LogP contribution is -2.29. The molecule has 1 aromatic heterocycles. The van der Waals surface area contributed by atoms with Gasteiger partial charge in [-0.15, -0.1) is 0 Å². The van der Waals surface area contributed by atoms with Crippen LogP contribution in [0.25, 0.3) is 11.4 Å². The second-order valence-electron chi connectivity index (χ2n) is 5.96. The molecule has 26 heavy (non-hydrogen) atoms. The molecule has 0 atom stereocenters. The van der Waals surface area contributed by atoms with Crippen LogP contribution in [0.15, 0.2) is 59.1 Å². The largest absolute Gasteiger partial charge is 0.367 e. The number of rotatable bonds is 8. The molecule has 3 aromatic rings. The van der Waals surface area contributed by atoms with Crippen molar-refractivity contribution in [2.24, 2.45) is 0 Å². The Morgan fingerprint density at radius 2 is 2.00 bits per heavy atom. The van der Waals surface area contributed by atoms with Gasteiger partial charge >= 0.3 is 0 Å². The monoisotopic (exact) mass is 351 g/mol. The minimum Gasteiger partial charge on any atom is -0.367 e. The summed E-state index contributed by atoms with van der Waals surface area (Å²) in [5, 5.41) is 6.77. The number of hydrogen-bond donors (Lipinski definition) is 1. The molecule has 1 amide bonds. The van der Waals surface area contributed by atoms with E-state index in [1.165, 1.54) is 0 Å². The van der Waals surface area contributed by atoms with Gasteiger partial charge in [0.05, 0.1) is 6.61 Å². The summed E-state index contributed by atoms with van der Waals surface area (Å²) in [6, 6.07) is 17.6. The fourth-order valence-corrected chi connectivity index (χ4v) is 2.45. The number of carbonyl (C=O) groups is 1. The minimum absolute atomic E-state index is 0.0211. The number of hydrogen-bond acceptors (Lipinski definition) is 5. The Morgan fingerprint density at radius 3 is 2.81 bits per heavy atom. The number of nitrogens with zero attached hydrogens (tertiary/aromatic N) is 2. The number of aryl methyl sites for hydroxylation is 1. The van der Waals surface area contributed by atoms with E-state index in [-0.39, 0.29) is 12.5 Å². The third kappa shape index (κ3) is 5.26. The SMILES string of the molecule is Cc1cccc(-c2noc(CCNC(=O)COCc3ccccc3)n2)c1. The van der Waals surface area contributed by atoms with E-state index >= 15 is 0 Å². The van der Waals surface area contributed by atoms with Crippen molar-refractivity contribution in [3.63, 3.8) is 0 Å². The summed E-state index contributed by atoms with van der Waals surface area (Å²) in [4.78, 5) is 16.1. The van der Waals surface area contributed by atoms with Gasteiger partial charge in [0, 0.05) is 18.5 Å². The smallest absolute Gasteiger partial charge is 0.246 e. The molecule has 0 bridgehead atoms. The Balaban J connectivity index is 1.39. The number of aromatic nitrogens is 2. The fraction of sp³-hybridized carbons (Fsp3) is 0.250. The maximum atomic E-state index is 11.8. The Bertz CT molecular complexity index is 846. The molecule has 1 heterocycles. The Kier molecular flexibility index (Phi) is 6.11. The third-order valence-electron chi connectivity index (χ3n) is 3.75. The second-order valence-corrected chi connectivity index (χ2v) is 5.96. The molecule has 2 aromatic carbocycles. The molecule has 6 nitrogen and oxygen atoms in total. The fourth-order valence-electron chi connectivity index (χ4n) is 2.45. The average molecular weight is 351 g/mol. The van der Waals surface area contributed by atoms with Gasteiger partial charge in [-0.1, -0.05) is 59.3 Å². The van der Waals surface area contributed by atoms with E-state index in [1.54, 1.807) is 0 Å². The van der Waals surface area contributed by atoms with Gasteiger partial charge in [-0.05, 0) is 18.6 Å². The topological polar surface area (TPSA) is 77.2 Å². The van der Waals surface area contributed by atoms with Crippen LogP contribution in [0, 0.1) is 6.92 Å². The van der Waals surface area contributed by atoms with E-state index in [9.17, 15) is 4.79 Å². The van der Waals surface area contributed by atoms with E-state index in [4.69, 9.17) is 9.26 Å². The zero-order chi connectivity index (χ0) is 18.2. The van der Waals surface area contributed by atoms with Crippen LogP contribution in [-0.4, -0.2) is 29.2 Å². The van der Waals surface area contributed by atoms with Gasteiger partial charge in [-0.2, -0.15) is 4.98 Å². The van der Waals surface area contributed by atoms with Crippen molar-refractivity contribution in [1.82, 2.24) is 15.5 Å². The van der Waals surface area contributed by atoms with Gasteiger partial charge in [0.25, 0.3) is 0 Å². The summed E-state index contributed by atoms with van der Waals surface area (Å²) < 4.78 is 10.6. The van der Waals surface area contributed by atoms with E-state index in [1.807, 2.05) is 61.5 Å². The second kappa shape index (κ2) is 8.92. The Hall–Kier alpha value is -2.99. The molecule has 0 spiro atoms. The van der Waals surface area contributed by atoms with Crippen LogP contribution in [-0.2, 0) is 22.6 Å². The Morgan fingerprint density at radius 1 is 1.15 bits per heavy atom. The zero-order valence-electron chi connectivity index (χ0n) is 14.6. The molecule has 0 radical (unpaired) electrons. The highest BCUT2D eigenvalue weighted by Crippen LogP contribution is 2.16. The summed E-state index contributed by atoms with van der Waals surface area (Å²) in [7, 11) is 0. The molecule has 0 fully saturated rings. The summed E-state index contributed by atoms with van der Waals surface area (Å²) in [6.07, 6.45) is 0.475. The number of benzene rings is 2. The van der Waals surface area contributed by atoms with Crippen LogP contribution in [0.4, 0.5) is 0 Å². The summed E-state index contributed by atoms with van der Waals surface area (Å²) in [5.74, 6) is 0.882. The van der Waals surface area contributed by atoms with Gasteiger partial charge < -0.3 is 14.6 Å². The number of nitrogens with one attached hydrogen (secondary N) is 1. The van der Waals surface area contributed by atoms with Crippen LogP contribution in [0.3, 0.4) is 0 Å². The van der Waals surface area contributed by atoms with Gasteiger partial charge in [0.15, 0.2) is 0 Å². The molecule has 0 aliphatic rings. The lowest BCUT2D eigenvalue weighted by molar-refractivity contribution is -0.126. The predicted molar refractivity (Wildman–Crippen MR) is 97.3 cm³/mol. The highest BCUT2D eigenvalue weighted by molar-refractivity contribution is 5.77. The normalized spacial score (nSPS) is 10.7. The standard InChI is InChI=1S/C20H21N3O3/c1-15-6-5-9-17(12-15)20-22-19(26-23-20)10-11-21-18(24)14-25-13-16-7-3-2-4-8-16/h2-9,12H,10-11,13-14H2,1H3,(H,21,24). The molecule has 3 rings (SSSR count). The summed E-state index contributed by atoms with van der Waals surface area (Å²) >= 11 is 0. The molecule has 134 valence electrons. The number of ether oxygens (including phenoxy) is 1. The van der Waals surface area contributed by atoms with E-state index in [0.29, 0.717) is 31.3 Å². The highest BCUT2D eigenvalue weighted by Gasteiger charge is 2.09. The van der Waals surface area contributed by atoms with Crippen molar-refractivity contribution in [1.29, 1.82) is 0 Å². The lowest BCUT2D eigenvalue weighted by Gasteiger charge is -2.05. The van der Waals surface area contributed by atoms with Crippen molar-refractivity contribution in [2.45, 2.75) is 20.0 Å². The minimum atomic E-state index is -0.167. The van der Waals surface area contributed by atoms with Crippen LogP contribution in [0.5, 0.6) is 0 Å². The summed E-state index contributed by atoms with van der Waals surface area (Å²) in [5.41, 5.74) is 3.09. The van der Waals surface area contributed by atoms with E-state index in [0.717, 1.165) is 16.7 Å². The number of carbonyl (C=O) groups excluding carboxylic acids is 1. The molecule has 6 heteroatoms. The molecule has 0 saturated heterocycles. The predicted octanol–water partition coefficient (Wildman–Crippen LogP) is 2.92. The molecule has 0 saturated carbocycles. The van der Waals surface area contributed by atoms with Crippen LogP contribution in [0.1, 0.15) is 17.0 Å². The zero-order valence-corrected chi connectivity index (χ0v) is 14.6. The van der Waals surface area contributed by atoms with Crippen molar-refractivity contribution >= 4 is 5.91 Å². The van der Waals surface area contributed by atoms with Gasteiger partial charge in [-0.3, -0.25) is 4.79 Å². The first-order valence-electron chi connectivity index (χ1n) is 8.49. The van der Waals surface area contributed by atoms with E-state index in [2.05, 4.69) is 15.5 Å².